The molecule has 7 heteroatoms. The summed E-state index contributed by atoms with van der Waals surface area (Å²) in [6, 6.07) is 5.76. The molecule has 3 rings (SSSR count). The van der Waals surface area contributed by atoms with Crippen molar-refractivity contribution >= 4 is 17.7 Å². The van der Waals surface area contributed by atoms with E-state index in [1.807, 2.05) is 0 Å². The Kier molecular flexibility index (Phi) is 6.70. The highest BCUT2D eigenvalue weighted by molar-refractivity contribution is 6.44. The standard InChI is InChI=1S/C23H27FN2O4/c1-4-30-23(29)18-14(3)25-20(19(18)15-10-6-7-11-16(15)24)21(27)22(28)26-17-12-8-5-9-13(17)2/h6-7,10-11,13,17,25H,4-5,8-9,12H2,1-3H3,(H,26,28)/t13-,17-/m1/s1. The van der Waals surface area contributed by atoms with Crippen molar-refractivity contribution in [2.45, 2.75) is 52.5 Å². The van der Waals surface area contributed by atoms with Crippen molar-refractivity contribution in [1.82, 2.24) is 10.3 Å². The lowest BCUT2D eigenvalue weighted by molar-refractivity contribution is -0.118. The number of hydrogen-bond donors (Lipinski definition) is 2. The van der Waals surface area contributed by atoms with Gasteiger partial charge in [-0.2, -0.15) is 0 Å². The van der Waals surface area contributed by atoms with Crippen LogP contribution in [0.15, 0.2) is 24.3 Å². The van der Waals surface area contributed by atoms with Crippen LogP contribution in [-0.2, 0) is 9.53 Å². The van der Waals surface area contributed by atoms with E-state index in [-0.39, 0.29) is 41.0 Å². The second-order valence-electron chi connectivity index (χ2n) is 7.75. The van der Waals surface area contributed by atoms with E-state index >= 15 is 0 Å². The summed E-state index contributed by atoms with van der Waals surface area (Å²) >= 11 is 0. The molecule has 1 saturated carbocycles. The van der Waals surface area contributed by atoms with Gasteiger partial charge in [0.05, 0.1) is 12.2 Å². The van der Waals surface area contributed by atoms with Gasteiger partial charge < -0.3 is 15.0 Å². The topological polar surface area (TPSA) is 88.3 Å². The maximum absolute atomic E-state index is 14.6. The SMILES string of the molecule is CCOC(=O)c1c(C)[nH]c(C(=O)C(=O)N[C@@H]2CCCC[C@H]2C)c1-c1ccccc1F. The third-order valence-corrected chi connectivity index (χ3v) is 5.67. The van der Waals surface area contributed by atoms with Gasteiger partial charge in [0.1, 0.15) is 11.5 Å². The van der Waals surface area contributed by atoms with Gasteiger partial charge >= 0.3 is 5.97 Å². The minimum atomic E-state index is -0.829. The maximum atomic E-state index is 14.6. The third kappa shape index (κ3) is 4.30. The number of Topliss-reactive ketones (excluding diaryl/α,β-unsaturated/α-hetero) is 1. The Hall–Kier alpha value is -2.96. The molecule has 0 unspecified atom stereocenters. The number of ether oxygens (including phenoxy) is 1. The van der Waals surface area contributed by atoms with Crippen molar-refractivity contribution in [2.24, 2.45) is 5.92 Å². The monoisotopic (exact) mass is 414 g/mol. The van der Waals surface area contributed by atoms with E-state index in [1.165, 1.54) is 18.2 Å². The first kappa shape index (κ1) is 21.7. The van der Waals surface area contributed by atoms with Crippen molar-refractivity contribution in [1.29, 1.82) is 0 Å². The van der Waals surface area contributed by atoms with E-state index in [0.717, 1.165) is 25.7 Å². The average Bonchev–Trinajstić information content (AvgIpc) is 3.06. The molecule has 6 nitrogen and oxygen atoms in total. The van der Waals surface area contributed by atoms with Gasteiger partial charge in [-0.1, -0.05) is 38.0 Å². The number of aryl methyl sites for hydroxylation is 1. The summed E-state index contributed by atoms with van der Waals surface area (Å²) in [4.78, 5) is 41.2. The molecule has 0 bridgehead atoms. The van der Waals surface area contributed by atoms with Crippen LogP contribution in [0.4, 0.5) is 4.39 Å². The molecule has 1 fully saturated rings. The summed E-state index contributed by atoms with van der Waals surface area (Å²) in [5, 5.41) is 2.82. The van der Waals surface area contributed by atoms with Crippen molar-refractivity contribution in [3.8, 4) is 11.1 Å². The number of aromatic amines is 1. The summed E-state index contributed by atoms with van der Waals surface area (Å²) in [5.41, 5.74) is 0.410. The summed E-state index contributed by atoms with van der Waals surface area (Å²) < 4.78 is 19.7. The molecular weight excluding hydrogens is 387 g/mol. The van der Waals surface area contributed by atoms with E-state index in [4.69, 9.17) is 4.74 Å². The molecule has 0 spiro atoms. The summed E-state index contributed by atoms with van der Waals surface area (Å²) in [6.45, 7) is 5.43. The lowest BCUT2D eigenvalue weighted by Gasteiger charge is -2.29. The van der Waals surface area contributed by atoms with E-state index < -0.39 is 23.5 Å². The van der Waals surface area contributed by atoms with Crippen LogP contribution in [0.1, 0.15) is 66.1 Å². The van der Waals surface area contributed by atoms with E-state index in [0.29, 0.717) is 5.69 Å². The van der Waals surface area contributed by atoms with Crippen LogP contribution in [0.25, 0.3) is 11.1 Å². The second-order valence-corrected chi connectivity index (χ2v) is 7.75. The smallest absolute Gasteiger partial charge is 0.340 e. The Morgan fingerprint density at radius 2 is 1.90 bits per heavy atom. The largest absolute Gasteiger partial charge is 0.462 e. The van der Waals surface area contributed by atoms with Crippen molar-refractivity contribution in [3.63, 3.8) is 0 Å². The first-order valence-corrected chi connectivity index (χ1v) is 10.3. The van der Waals surface area contributed by atoms with Crippen molar-refractivity contribution in [3.05, 3.63) is 47.0 Å². The normalized spacial score (nSPS) is 18.7. The fraction of sp³-hybridized carbons (Fsp3) is 0.435. The predicted molar refractivity (Wildman–Crippen MR) is 111 cm³/mol. The Bertz CT molecular complexity index is 966. The van der Waals surface area contributed by atoms with E-state index in [9.17, 15) is 18.8 Å². The zero-order chi connectivity index (χ0) is 21.8. The van der Waals surface area contributed by atoms with Crippen molar-refractivity contribution in [2.75, 3.05) is 6.61 Å². The molecule has 1 amide bonds. The summed E-state index contributed by atoms with van der Waals surface area (Å²) in [6.07, 6.45) is 3.92. The van der Waals surface area contributed by atoms with Gasteiger partial charge in [-0.05, 0) is 38.7 Å². The van der Waals surface area contributed by atoms with E-state index in [1.54, 1.807) is 19.9 Å². The van der Waals surface area contributed by atoms with Gasteiger partial charge in [-0.25, -0.2) is 9.18 Å². The number of benzene rings is 1. The minimum absolute atomic E-state index is 0.0564. The van der Waals surface area contributed by atoms with Gasteiger partial charge in [-0.15, -0.1) is 0 Å². The number of amides is 1. The Balaban J connectivity index is 2.02. The molecule has 0 saturated heterocycles. The lowest BCUT2D eigenvalue weighted by Crippen LogP contribution is -2.44. The number of nitrogens with one attached hydrogen (secondary N) is 2. The number of carbonyl (C=O) groups is 3. The number of carbonyl (C=O) groups excluding carboxylic acids is 3. The van der Waals surface area contributed by atoms with Crippen LogP contribution in [0.2, 0.25) is 0 Å². The van der Waals surface area contributed by atoms with Crippen LogP contribution >= 0.6 is 0 Å². The van der Waals surface area contributed by atoms with Gasteiger partial charge in [0.15, 0.2) is 0 Å². The molecule has 1 aromatic heterocycles. The number of hydrogen-bond acceptors (Lipinski definition) is 4. The number of esters is 1. The molecule has 1 aromatic carbocycles. The van der Waals surface area contributed by atoms with Gasteiger partial charge in [0.25, 0.3) is 11.7 Å². The predicted octanol–water partition coefficient (Wildman–Crippen LogP) is 4.18. The highest BCUT2D eigenvalue weighted by Crippen LogP contribution is 2.33. The Morgan fingerprint density at radius 1 is 1.20 bits per heavy atom. The zero-order valence-electron chi connectivity index (χ0n) is 17.5. The molecule has 0 radical (unpaired) electrons. The fourth-order valence-electron chi connectivity index (χ4n) is 4.07. The van der Waals surface area contributed by atoms with Crippen LogP contribution in [0.3, 0.4) is 0 Å². The lowest BCUT2D eigenvalue weighted by atomic mass is 9.86. The molecule has 2 atom stereocenters. The highest BCUT2D eigenvalue weighted by Gasteiger charge is 2.32. The van der Waals surface area contributed by atoms with Crippen LogP contribution in [0.5, 0.6) is 0 Å². The van der Waals surface area contributed by atoms with Gasteiger partial charge in [0, 0.05) is 22.9 Å². The molecular formula is C23H27FN2O4. The Morgan fingerprint density at radius 3 is 2.57 bits per heavy atom. The summed E-state index contributed by atoms with van der Waals surface area (Å²) in [5.74, 6) is -2.59. The summed E-state index contributed by atoms with van der Waals surface area (Å²) in [7, 11) is 0. The molecule has 0 aliphatic heterocycles. The first-order chi connectivity index (χ1) is 14.3. The maximum Gasteiger partial charge on any atom is 0.340 e. The second kappa shape index (κ2) is 9.24. The quantitative estimate of drug-likeness (QED) is 0.422. The third-order valence-electron chi connectivity index (χ3n) is 5.67. The average molecular weight is 414 g/mol. The molecule has 30 heavy (non-hydrogen) atoms. The molecule has 1 heterocycles. The number of ketones is 1. The number of rotatable bonds is 6. The Labute approximate surface area is 175 Å². The van der Waals surface area contributed by atoms with E-state index in [2.05, 4.69) is 17.2 Å². The van der Waals surface area contributed by atoms with Crippen LogP contribution < -0.4 is 5.32 Å². The number of halogens is 1. The van der Waals surface area contributed by atoms with Crippen molar-refractivity contribution < 1.29 is 23.5 Å². The first-order valence-electron chi connectivity index (χ1n) is 10.3. The fourth-order valence-corrected chi connectivity index (χ4v) is 4.07. The van der Waals surface area contributed by atoms with Crippen LogP contribution in [0, 0.1) is 18.7 Å². The van der Waals surface area contributed by atoms with Gasteiger partial charge in [-0.3, -0.25) is 9.59 Å². The minimum Gasteiger partial charge on any atom is -0.462 e. The van der Waals surface area contributed by atoms with Crippen LogP contribution in [-0.4, -0.2) is 35.3 Å². The number of aromatic nitrogens is 1. The number of H-pyrrole nitrogens is 1. The zero-order valence-corrected chi connectivity index (χ0v) is 17.5. The molecule has 2 aromatic rings. The molecule has 2 N–H and O–H groups in total. The molecule has 1 aliphatic rings. The highest BCUT2D eigenvalue weighted by atomic mass is 19.1. The molecule has 160 valence electrons. The molecule has 1 aliphatic carbocycles. The van der Waals surface area contributed by atoms with Gasteiger partial charge in [0.2, 0.25) is 0 Å².